The van der Waals surface area contributed by atoms with Crippen molar-refractivity contribution in [2.24, 2.45) is 0 Å². The summed E-state index contributed by atoms with van der Waals surface area (Å²) >= 11 is 0. The summed E-state index contributed by atoms with van der Waals surface area (Å²) in [5.41, 5.74) is 6.04. The third-order valence-corrected chi connectivity index (χ3v) is 6.55. The lowest BCUT2D eigenvalue weighted by Gasteiger charge is -2.34. The second-order valence-electron chi connectivity index (χ2n) is 8.16. The van der Waals surface area contributed by atoms with Crippen molar-refractivity contribution >= 4 is 5.97 Å². The third-order valence-electron chi connectivity index (χ3n) is 6.55. The number of ether oxygens (including phenoxy) is 2. The van der Waals surface area contributed by atoms with E-state index in [-0.39, 0.29) is 17.8 Å². The number of phenolic OH excluding ortho intramolecular Hbond substituents is 1. The Morgan fingerprint density at radius 2 is 1.53 bits per heavy atom. The Morgan fingerprint density at radius 1 is 0.906 bits per heavy atom. The van der Waals surface area contributed by atoms with Crippen molar-refractivity contribution in [1.29, 1.82) is 0 Å². The SMILES string of the molecule is CCC(CC)(c1ccc(O)c(C)c1)c1ccc(-c2ccc(CC(=O)OC)cc2)c(OC)c1. The van der Waals surface area contributed by atoms with Gasteiger partial charge in [0.1, 0.15) is 11.5 Å². The molecule has 4 heteroatoms. The molecule has 0 heterocycles. The number of phenols is 1. The molecule has 168 valence electrons. The molecule has 0 aliphatic carbocycles. The maximum atomic E-state index is 11.5. The van der Waals surface area contributed by atoms with Crippen LogP contribution in [-0.4, -0.2) is 25.3 Å². The van der Waals surface area contributed by atoms with Gasteiger partial charge < -0.3 is 14.6 Å². The van der Waals surface area contributed by atoms with Crippen LogP contribution >= 0.6 is 0 Å². The molecule has 0 unspecified atom stereocenters. The zero-order valence-electron chi connectivity index (χ0n) is 19.6. The predicted molar refractivity (Wildman–Crippen MR) is 128 cm³/mol. The van der Waals surface area contributed by atoms with E-state index in [1.807, 2.05) is 37.3 Å². The molecule has 0 atom stereocenters. The molecule has 0 saturated heterocycles. The summed E-state index contributed by atoms with van der Waals surface area (Å²) in [6.45, 7) is 6.33. The Balaban J connectivity index is 2.02. The monoisotopic (exact) mass is 432 g/mol. The highest BCUT2D eigenvalue weighted by molar-refractivity contribution is 5.74. The fourth-order valence-electron chi connectivity index (χ4n) is 4.45. The number of carbonyl (C=O) groups excluding carboxylic acids is 1. The van der Waals surface area contributed by atoms with Gasteiger partial charge in [-0.1, -0.05) is 62.4 Å². The highest BCUT2D eigenvalue weighted by Gasteiger charge is 2.32. The number of benzene rings is 3. The van der Waals surface area contributed by atoms with Crippen LogP contribution in [0.15, 0.2) is 60.7 Å². The normalized spacial score (nSPS) is 11.3. The van der Waals surface area contributed by atoms with Gasteiger partial charge in [-0.2, -0.15) is 0 Å². The fourth-order valence-corrected chi connectivity index (χ4v) is 4.45. The summed E-state index contributed by atoms with van der Waals surface area (Å²) in [5, 5.41) is 10.0. The van der Waals surface area contributed by atoms with Gasteiger partial charge in [-0.05, 0) is 59.7 Å². The topological polar surface area (TPSA) is 55.8 Å². The molecule has 0 amide bonds. The van der Waals surface area contributed by atoms with E-state index in [0.717, 1.165) is 40.8 Å². The summed E-state index contributed by atoms with van der Waals surface area (Å²) < 4.78 is 10.6. The first-order chi connectivity index (χ1) is 15.4. The van der Waals surface area contributed by atoms with Gasteiger partial charge >= 0.3 is 5.97 Å². The van der Waals surface area contributed by atoms with Gasteiger partial charge in [0, 0.05) is 11.0 Å². The standard InChI is InChI=1S/C28H32O4/c1-6-28(7-2,22-13-15-25(29)19(3)16-22)23-12-14-24(26(18-23)31-4)21-10-8-20(9-11-21)17-27(30)32-5/h8-16,18,29H,6-7,17H2,1-5H3. The summed E-state index contributed by atoms with van der Waals surface area (Å²) in [4.78, 5) is 11.5. The van der Waals surface area contributed by atoms with E-state index in [2.05, 4.69) is 38.1 Å². The summed E-state index contributed by atoms with van der Waals surface area (Å²) in [7, 11) is 3.09. The zero-order chi connectivity index (χ0) is 23.3. The van der Waals surface area contributed by atoms with Crippen molar-refractivity contribution in [3.05, 3.63) is 82.9 Å². The Labute approximate surface area is 190 Å². The number of hydrogen-bond donors (Lipinski definition) is 1. The number of aromatic hydroxyl groups is 1. The van der Waals surface area contributed by atoms with E-state index in [4.69, 9.17) is 9.47 Å². The zero-order valence-corrected chi connectivity index (χ0v) is 19.6. The molecule has 0 saturated carbocycles. The fraction of sp³-hybridized carbons (Fsp3) is 0.321. The maximum absolute atomic E-state index is 11.5. The van der Waals surface area contributed by atoms with Gasteiger partial charge in [-0.3, -0.25) is 4.79 Å². The van der Waals surface area contributed by atoms with Crippen LogP contribution in [0, 0.1) is 6.92 Å². The average Bonchev–Trinajstić information content (AvgIpc) is 2.82. The Hall–Kier alpha value is -3.27. The van der Waals surface area contributed by atoms with Crippen LogP contribution < -0.4 is 4.74 Å². The molecular formula is C28H32O4. The minimum atomic E-state index is -0.250. The smallest absolute Gasteiger partial charge is 0.309 e. The molecular weight excluding hydrogens is 400 g/mol. The largest absolute Gasteiger partial charge is 0.508 e. The molecule has 32 heavy (non-hydrogen) atoms. The number of rotatable bonds is 8. The minimum Gasteiger partial charge on any atom is -0.508 e. The summed E-state index contributed by atoms with van der Waals surface area (Å²) in [5.74, 6) is 0.878. The molecule has 3 aromatic carbocycles. The lowest BCUT2D eigenvalue weighted by Crippen LogP contribution is -2.26. The number of carbonyl (C=O) groups is 1. The first-order valence-electron chi connectivity index (χ1n) is 11.0. The van der Waals surface area contributed by atoms with Gasteiger partial charge in [0.15, 0.2) is 0 Å². The van der Waals surface area contributed by atoms with Crippen molar-refractivity contribution < 1.29 is 19.4 Å². The average molecular weight is 433 g/mol. The van der Waals surface area contributed by atoms with E-state index in [1.165, 1.54) is 18.2 Å². The van der Waals surface area contributed by atoms with E-state index >= 15 is 0 Å². The summed E-state index contributed by atoms with van der Waals surface area (Å²) in [6.07, 6.45) is 2.12. The van der Waals surface area contributed by atoms with Crippen LogP contribution in [0.3, 0.4) is 0 Å². The van der Waals surface area contributed by atoms with Crippen molar-refractivity contribution in [1.82, 2.24) is 0 Å². The van der Waals surface area contributed by atoms with Gasteiger partial charge in [0.25, 0.3) is 0 Å². The second kappa shape index (κ2) is 9.90. The molecule has 1 N–H and O–H groups in total. The van der Waals surface area contributed by atoms with E-state index in [1.54, 1.807) is 13.2 Å². The number of hydrogen-bond acceptors (Lipinski definition) is 4. The molecule has 0 fully saturated rings. The Bertz CT molecular complexity index is 1080. The third kappa shape index (κ3) is 4.50. The van der Waals surface area contributed by atoms with Crippen molar-refractivity contribution in [2.45, 2.75) is 45.4 Å². The number of aryl methyl sites for hydroxylation is 1. The van der Waals surface area contributed by atoms with E-state index in [0.29, 0.717) is 5.75 Å². The molecule has 0 bridgehead atoms. The molecule has 0 aromatic heterocycles. The molecule has 3 rings (SSSR count). The highest BCUT2D eigenvalue weighted by atomic mass is 16.5. The lowest BCUT2D eigenvalue weighted by atomic mass is 9.70. The maximum Gasteiger partial charge on any atom is 0.309 e. The van der Waals surface area contributed by atoms with E-state index in [9.17, 15) is 9.90 Å². The highest BCUT2D eigenvalue weighted by Crippen LogP contribution is 2.43. The number of esters is 1. The Morgan fingerprint density at radius 3 is 2.09 bits per heavy atom. The first-order valence-corrected chi connectivity index (χ1v) is 11.0. The molecule has 0 radical (unpaired) electrons. The number of methoxy groups -OCH3 is 2. The molecule has 4 nitrogen and oxygen atoms in total. The van der Waals surface area contributed by atoms with Gasteiger partial charge in [-0.25, -0.2) is 0 Å². The lowest BCUT2D eigenvalue weighted by molar-refractivity contribution is -0.139. The van der Waals surface area contributed by atoms with Crippen molar-refractivity contribution in [3.63, 3.8) is 0 Å². The molecule has 0 aliphatic rings. The van der Waals surface area contributed by atoms with E-state index < -0.39 is 0 Å². The minimum absolute atomic E-state index is 0.172. The molecule has 0 spiro atoms. The predicted octanol–water partition coefficient (Wildman–Crippen LogP) is 6.20. The van der Waals surface area contributed by atoms with Crippen molar-refractivity contribution in [2.75, 3.05) is 14.2 Å². The van der Waals surface area contributed by atoms with Crippen LogP contribution in [0.2, 0.25) is 0 Å². The van der Waals surface area contributed by atoms with Gasteiger partial charge in [-0.15, -0.1) is 0 Å². The van der Waals surface area contributed by atoms with Crippen LogP contribution in [0.1, 0.15) is 48.9 Å². The van der Waals surface area contributed by atoms with Crippen LogP contribution in [-0.2, 0) is 21.4 Å². The van der Waals surface area contributed by atoms with Crippen LogP contribution in [0.5, 0.6) is 11.5 Å². The van der Waals surface area contributed by atoms with Crippen LogP contribution in [0.25, 0.3) is 11.1 Å². The summed E-state index contributed by atoms with van der Waals surface area (Å²) in [6, 6.07) is 20.2. The van der Waals surface area contributed by atoms with Gasteiger partial charge in [0.2, 0.25) is 0 Å². The van der Waals surface area contributed by atoms with Crippen LogP contribution in [0.4, 0.5) is 0 Å². The molecule has 0 aliphatic heterocycles. The van der Waals surface area contributed by atoms with Crippen molar-refractivity contribution in [3.8, 4) is 22.6 Å². The van der Waals surface area contributed by atoms with Gasteiger partial charge in [0.05, 0.1) is 20.6 Å². The Kier molecular flexibility index (Phi) is 7.24. The quantitative estimate of drug-likeness (QED) is 0.431. The first kappa shape index (κ1) is 23.4. The molecule has 3 aromatic rings. The second-order valence-corrected chi connectivity index (χ2v) is 8.16.